The van der Waals surface area contributed by atoms with Crippen molar-refractivity contribution in [1.29, 1.82) is 0 Å². The van der Waals surface area contributed by atoms with Crippen LogP contribution in [0.5, 0.6) is 0 Å². The van der Waals surface area contributed by atoms with Gasteiger partial charge in [0.15, 0.2) is 0 Å². The largest absolute Gasteiger partial charge is 0.398 e. The van der Waals surface area contributed by atoms with Gasteiger partial charge in [-0.3, -0.25) is 9.48 Å². The standard InChI is InChI=1S/C14H17ClN4O/c1-8(11-7-17-19(3)9(11)2)18-14(20)10-4-5-12(15)13(16)6-10/h4-8H,16H2,1-3H3,(H,18,20). The van der Waals surface area contributed by atoms with Gasteiger partial charge < -0.3 is 11.1 Å². The van der Waals surface area contributed by atoms with E-state index < -0.39 is 0 Å². The molecule has 0 aliphatic rings. The van der Waals surface area contributed by atoms with Gasteiger partial charge in [-0.2, -0.15) is 5.10 Å². The van der Waals surface area contributed by atoms with Crippen LogP contribution in [0.15, 0.2) is 24.4 Å². The molecule has 0 aliphatic heterocycles. The van der Waals surface area contributed by atoms with Crippen molar-refractivity contribution in [2.45, 2.75) is 19.9 Å². The maximum Gasteiger partial charge on any atom is 0.251 e. The summed E-state index contributed by atoms with van der Waals surface area (Å²) in [5.74, 6) is -0.191. The topological polar surface area (TPSA) is 72.9 Å². The summed E-state index contributed by atoms with van der Waals surface area (Å²) >= 11 is 5.84. The highest BCUT2D eigenvalue weighted by Gasteiger charge is 2.16. The van der Waals surface area contributed by atoms with E-state index >= 15 is 0 Å². The molecule has 0 saturated heterocycles. The number of hydrogen-bond acceptors (Lipinski definition) is 3. The Morgan fingerprint density at radius 1 is 1.50 bits per heavy atom. The van der Waals surface area contributed by atoms with Gasteiger partial charge in [-0.15, -0.1) is 0 Å². The number of carbonyl (C=O) groups excluding carboxylic acids is 1. The molecular weight excluding hydrogens is 276 g/mol. The van der Waals surface area contributed by atoms with Crippen LogP contribution in [0.3, 0.4) is 0 Å². The van der Waals surface area contributed by atoms with E-state index in [4.69, 9.17) is 17.3 Å². The number of benzene rings is 1. The lowest BCUT2D eigenvalue weighted by Crippen LogP contribution is -2.27. The summed E-state index contributed by atoms with van der Waals surface area (Å²) in [6.07, 6.45) is 1.76. The minimum absolute atomic E-state index is 0.131. The maximum atomic E-state index is 12.2. The minimum atomic E-state index is -0.191. The van der Waals surface area contributed by atoms with Gasteiger partial charge >= 0.3 is 0 Å². The molecule has 3 N–H and O–H groups in total. The van der Waals surface area contributed by atoms with Crippen molar-refractivity contribution in [1.82, 2.24) is 15.1 Å². The Morgan fingerprint density at radius 3 is 2.75 bits per heavy atom. The summed E-state index contributed by atoms with van der Waals surface area (Å²) in [7, 11) is 1.87. The Balaban J connectivity index is 2.15. The molecule has 20 heavy (non-hydrogen) atoms. The third kappa shape index (κ3) is 2.77. The van der Waals surface area contributed by atoms with E-state index in [1.165, 1.54) is 0 Å². The molecule has 0 bridgehead atoms. The van der Waals surface area contributed by atoms with Crippen LogP contribution in [0, 0.1) is 6.92 Å². The predicted octanol–water partition coefficient (Wildman–Crippen LogP) is 2.46. The number of halogens is 1. The predicted molar refractivity (Wildman–Crippen MR) is 79.7 cm³/mol. The fourth-order valence-corrected chi connectivity index (χ4v) is 2.10. The molecule has 1 unspecified atom stereocenters. The van der Waals surface area contributed by atoms with Crippen molar-refractivity contribution in [2.75, 3.05) is 5.73 Å². The number of rotatable bonds is 3. The number of aryl methyl sites for hydroxylation is 1. The highest BCUT2D eigenvalue weighted by Crippen LogP contribution is 2.21. The molecule has 0 radical (unpaired) electrons. The number of aromatic nitrogens is 2. The van der Waals surface area contributed by atoms with E-state index in [1.54, 1.807) is 29.1 Å². The van der Waals surface area contributed by atoms with Gasteiger partial charge in [0.1, 0.15) is 0 Å². The van der Waals surface area contributed by atoms with E-state index in [0.29, 0.717) is 16.3 Å². The third-order valence-electron chi connectivity index (χ3n) is 3.35. The van der Waals surface area contributed by atoms with E-state index in [1.807, 2.05) is 20.9 Å². The van der Waals surface area contributed by atoms with Crippen LogP contribution in [0.25, 0.3) is 0 Å². The lowest BCUT2D eigenvalue weighted by Gasteiger charge is -2.14. The van der Waals surface area contributed by atoms with Crippen molar-refractivity contribution in [3.05, 3.63) is 46.2 Å². The molecule has 2 aromatic rings. The molecule has 1 amide bonds. The van der Waals surface area contributed by atoms with E-state index in [9.17, 15) is 4.79 Å². The Labute approximate surface area is 122 Å². The lowest BCUT2D eigenvalue weighted by molar-refractivity contribution is 0.0940. The van der Waals surface area contributed by atoms with Gasteiger partial charge in [-0.25, -0.2) is 0 Å². The zero-order chi connectivity index (χ0) is 14.9. The Bertz CT molecular complexity index is 651. The third-order valence-corrected chi connectivity index (χ3v) is 3.69. The number of nitrogen functional groups attached to an aromatic ring is 1. The van der Waals surface area contributed by atoms with Crippen LogP contribution < -0.4 is 11.1 Å². The SMILES string of the molecule is Cc1c(C(C)NC(=O)c2ccc(Cl)c(N)c2)cnn1C. The van der Waals surface area contributed by atoms with Crippen molar-refractivity contribution in [3.8, 4) is 0 Å². The van der Waals surface area contributed by atoms with Crippen molar-refractivity contribution >= 4 is 23.2 Å². The number of nitrogens with zero attached hydrogens (tertiary/aromatic N) is 2. The number of amides is 1. The molecule has 2 rings (SSSR count). The summed E-state index contributed by atoms with van der Waals surface area (Å²) in [5, 5.41) is 7.54. The molecule has 6 heteroatoms. The van der Waals surface area contributed by atoms with Gasteiger partial charge in [-0.05, 0) is 32.0 Å². The highest BCUT2D eigenvalue weighted by molar-refractivity contribution is 6.33. The summed E-state index contributed by atoms with van der Waals surface area (Å²) in [6.45, 7) is 3.88. The molecule has 0 spiro atoms. The van der Waals surface area contributed by atoms with Crippen LogP contribution in [0.2, 0.25) is 5.02 Å². The first-order valence-electron chi connectivity index (χ1n) is 6.24. The first kappa shape index (κ1) is 14.4. The fraction of sp³-hybridized carbons (Fsp3) is 0.286. The second-order valence-corrected chi connectivity index (χ2v) is 5.15. The molecular formula is C14H17ClN4O. The lowest BCUT2D eigenvalue weighted by atomic mass is 10.1. The van der Waals surface area contributed by atoms with Crippen molar-refractivity contribution in [2.24, 2.45) is 7.05 Å². The average Bonchev–Trinajstić information content (AvgIpc) is 2.73. The molecule has 5 nitrogen and oxygen atoms in total. The molecule has 0 saturated carbocycles. The van der Waals surface area contributed by atoms with Gasteiger partial charge in [-0.1, -0.05) is 11.6 Å². The maximum absolute atomic E-state index is 12.2. The number of hydrogen-bond donors (Lipinski definition) is 2. The van der Waals surface area contributed by atoms with Gasteiger partial charge in [0.2, 0.25) is 0 Å². The summed E-state index contributed by atoms with van der Waals surface area (Å²) < 4.78 is 1.78. The first-order chi connectivity index (χ1) is 9.40. The number of anilines is 1. The first-order valence-corrected chi connectivity index (χ1v) is 6.62. The average molecular weight is 293 g/mol. The van der Waals surface area contributed by atoms with Crippen LogP contribution in [-0.4, -0.2) is 15.7 Å². The summed E-state index contributed by atoms with van der Waals surface area (Å²) in [5.41, 5.74) is 8.59. The molecule has 0 aliphatic carbocycles. The van der Waals surface area contributed by atoms with Crippen LogP contribution in [0.4, 0.5) is 5.69 Å². The molecule has 106 valence electrons. The number of nitrogens with two attached hydrogens (primary N) is 1. The second kappa shape index (κ2) is 5.54. The Hall–Kier alpha value is -2.01. The van der Waals surface area contributed by atoms with E-state index in [0.717, 1.165) is 11.3 Å². The van der Waals surface area contributed by atoms with Crippen LogP contribution >= 0.6 is 11.6 Å². The zero-order valence-electron chi connectivity index (χ0n) is 11.6. The van der Waals surface area contributed by atoms with E-state index in [-0.39, 0.29) is 11.9 Å². The van der Waals surface area contributed by atoms with Gasteiger partial charge in [0.25, 0.3) is 5.91 Å². The summed E-state index contributed by atoms with van der Waals surface area (Å²) in [6, 6.07) is 4.71. The monoisotopic (exact) mass is 292 g/mol. The Morgan fingerprint density at radius 2 is 2.20 bits per heavy atom. The molecule has 1 aromatic carbocycles. The molecule has 0 fully saturated rings. The number of carbonyl (C=O) groups is 1. The minimum Gasteiger partial charge on any atom is -0.398 e. The van der Waals surface area contributed by atoms with Gasteiger partial charge in [0, 0.05) is 23.9 Å². The number of nitrogens with one attached hydrogen (secondary N) is 1. The second-order valence-electron chi connectivity index (χ2n) is 4.74. The Kier molecular flexibility index (Phi) is 3.99. The smallest absolute Gasteiger partial charge is 0.251 e. The quantitative estimate of drug-likeness (QED) is 0.854. The van der Waals surface area contributed by atoms with Crippen molar-refractivity contribution in [3.63, 3.8) is 0 Å². The fourth-order valence-electron chi connectivity index (χ4n) is 1.98. The molecule has 1 aromatic heterocycles. The van der Waals surface area contributed by atoms with Gasteiger partial charge in [0.05, 0.1) is 22.9 Å². The molecule has 1 atom stereocenters. The normalized spacial score (nSPS) is 12.2. The van der Waals surface area contributed by atoms with Crippen LogP contribution in [0.1, 0.15) is 34.6 Å². The molecule has 1 heterocycles. The highest BCUT2D eigenvalue weighted by atomic mass is 35.5. The van der Waals surface area contributed by atoms with E-state index in [2.05, 4.69) is 10.4 Å². The van der Waals surface area contributed by atoms with Crippen molar-refractivity contribution < 1.29 is 4.79 Å². The van der Waals surface area contributed by atoms with Crippen LogP contribution in [-0.2, 0) is 7.05 Å². The summed E-state index contributed by atoms with van der Waals surface area (Å²) in [4.78, 5) is 12.2. The zero-order valence-corrected chi connectivity index (χ0v) is 12.4.